The molecule has 0 aromatic carbocycles. The van der Waals surface area contributed by atoms with Gasteiger partial charge in [-0.1, -0.05) is 58.3 Å². The van der Waals surface area contributed by atoms with Crippen molar-refractivity contribution in [1.29, 1.82) is 0 Å². The van der Waals surface area contributed by atoms with E-state index in [4.69, 9.17) is 0 Å². The molecule has 0 amide bonds. The van der Waals surface area contributed by atoms with E-state index in [0.29, 0.717) is 5.92 Å². The maximum atomic E-state index is 11.1. The molecule has 17 heavy (non-hydrogen) atoms. The van der Waals surface area contributed by atoms with Gasteiger partial charge in [0.1, 0.15) is 0 Å². The first-order valence-electron chi connectivity index (χ1n) is 7.48. The lowest BCUT2D eigenvalue weighted by Crippen LogP contribution is -2.26. The zero-order valence-electron chi connectivity index (χ0n) is 11.3. The molecule has 0 aromatic rings. The van der Waals surface area contributed by atoms with Gasteiger partial charge in [-0.05, 0) is 25.2 Å². The Kier molecular flexibility index (Phi) is 7.30. The lowest BCUT2D eigenvalue weighted by molar-refractivity contribution is -0.145. The first-order chi connectivity index (χ1) is 8.25. The molecule has 0 saturated heterocycles. The van der Waals surface area contributed by atoms with Crippen LogP contribution < -0.4 is 0 Å². The Balaban J connectivity index is 2.13. The molecule has 2 unspecified atom stereocenters. The highest BCUT2D eigenvalue weighted by molar-refractivity contribution is 5.70. The van der Waals surface area contributed by atoms with Gasteiger partial charge in [0, 0.05) is 0 Å². The molecule has 1 fully saturated rings. The molecule has 1 aliphatic carbocycles. The fourth-order valence-electron chi connectivity index (χ4n) is 3.07. The molecule has 1 N–H and O–H groups in total. The van der Waals surface area contributed by atoms with Gasteiger partial charge in [-0.3, -0.25) is 4.79 Å². The van der Waals surface area contributed by atoms with E-state index in [1.165, 1.54) is 44.9 Å². The van der Waals surface area contributed by atoms with Gasteiger partial charge in [0.25, 0.3) is 0 Å². The molecule has 2 heteroatoms. The number of carboxylic acids is 1. The van der Waals surface area contributed by atoms with Crippen molar-refractivity contribution in [2.75, 3.05) is 0 Å². The van der Waals surface area contributed by atoms with E-state index in [2.05, 4.69) is 6.92 Å². The Morgan fingerprint density at radius 1 is 1.06 bits per heavy atom. The zero-order chi connectivity index (χ0) is 12.5. The molecule has 0 bridgehead atoms. The predicted molar refractivity (Wildman–Crippen MR) is 71.1 cm³/mol. The molecule has 1 rings (SSSR count). The monoisotopic (exact) mass is 240 g/mol. The van der Waals surface area contributed by atoms with Crippen LogP contribution in [0.2, 0.25) is 0 Å². The number of unbranched alkanes of at least 4 members (excludes halogenated alkanes) is 5. The van der Waals surface area contributed by atoms with Crippen LogP contribution in [0.4, 0.5) is 0 Å². The van der Waals surface area contributed by atoms with Gasteiger partial charge >= 0.3 is 5.97 Å². The molecule has 2 nitrogen and oxygen atoms in total. The fraction of sp³-hybridized carbons (Fsp3) is 0.933. The molecule has 100 valence electrons. The lowest BCUT2D eigenvalue weighted by atomic mass is 9.76. The van der Waals surface area contributed by atoms with Crippen molar-refractivity contribution in [1.82, 2.24) is 0 Å². The Morgan fingerprint density at radius 2 is 1.71 bits per heavy atom. The first-order valence-corrected chi connectivity index (χ1v) is 7.48. The normalized spacial score (nSPS) is 24.8. The number of aliphatic carboxylic acids is 1. The van der Waals surface area contributed by atoms with Crippen LogP contribution >= 0.6 is 0 Å². The minimum Gasteiger partial charge on any atom is -0.481 e. The number of carboxylic acid groups (broad SMARTS) is 1. The highest BCUT2D eigenvalue weighted by Gasteiger charge is 2.29. The third kappa shape index (κ3) is 5.56. The third-order valence-corrected chi connectivity index (χ3v) is 4.15. The Bertz CT molecular complexity index is 213. The fourth-order valence-corrected chi connectivity index (χ4v) is 3.07. The van der Waals surface area contributed by atoms with Crippen molar-refractivity contribution in [2.45, 2.75) is 77.6 Å². The highest BCUT2D eigenvalue weighted by atomic mass is 16.4. The average molecular weight is 240 g/mol. The number of hydrogen-bond donors (Lipinski definition) is 1. The minimum absolute atomic E-state index is 0.0422. The molecule has 1 aliphatic rings. The standard InChI is InChI=1S/C15H28O2/c1-2-3-4-5-6-7-10-13-11-8-9-12-14(13)15(16)17/h13-14H,2-12H2,1H3,(H,16,17). The van der Waals surface area contributed by atoms with E-state index in [0.717, 1.165) is 25.7 Å². The van der Waals surface area contributed by atoms with Gasteiger partial charge < -0.3 is 5.11 Å². The lowest BCUT2D eigenvalue weighted by Gasteiger charge is -2.28. The van der Waals surface area contributed by atoms with Crippen LogP contribution in [0.3, 0.4) is 0 Å². The summed E-state index contributed by atoms with van der Waals surface area (Å²) in [6.45, 7) is 2.24. The maximum Gasteiger partial charge on any atom is 0.306 e. The van der Waals surface area contributed by atoms with Gasteiger partial charge in [0.05, 0.1) is 5.92 Å². The summed E-state index contributed by atoms with van der Waals surface area (Å²) in [6, 6.07) is 0. The Hall–Kier alpha value is -0.530. The molecule has 0 radical (unpaired) electrons. The van der Waals surface area contributed by atoms with Crippen molar-refractivity contribution < 1.29 is 9.90 Å². The van der Waals surface area contributed by atoms with Gasteiger partial charge in [0.15, 0.2) is 0 Å². The molecule has 1 saturated carbocycles. The second-order valence-corrected chi connectivity index (χ2v) is 5.55. The van der Waals surface area contributed by atoms with Gasteiger partial charge in [-0.25, -0.2) is 0 Å². The topological polar surface area (TPSA) is 37.3 Å². The second kappa shape index (κ2) is 8.54. The van der Waals surface area contributed by atoms with E-state index < -0.39 is 5.97 Å². The summed E-state index contributed by atoms with van der Waals surface area (Å²) in [5.41, 5.74) is 0. The maximum absolute atomic E-state index is 11.1. The van der Waals surface area contributed by atoms with Crippen molar-refractivity contribution in [3.63, 3.8) is 0 Å². The van der Waals surface area contributed by atoms with Gasteiger partial charge in [-0.15, -0.1) is 0 Å². The molecular formula is C15H28O2. The number of hydrogen-bond acceptors (Lipinski definition) is 1. The van der Waals surface area contributed by atoms with Gasteiger partial charge in [-0.2, -0.15) is 0 Å². The van der Waals surface area contributed by atoms with Crippen LogP contribution in [0.5, 0.6) is 0 Å². The quantitative estimate of drug-likeness (QED) is 0.628. The molecule has 0 aliphatic heterocycles. The van der Waals surface area contributed by atoms with Crippen LogP contribution in [0, 0.1) is 11.8 Å². The van der Waals surface area contributed by atoms with E-state index in [-0.39, 0.29) is 5.92 Å². The smallest absolute Gasteiger partial charge is 0.306 e. The molecular weight excluding hydrogens is 212 g/mol. The summed E-state index contributed by atoms with van der Waals surface area (Å²) in [5.74, 6) is -0.132. The molecule has 0 spiro atoms. The SMILES string of the molecule is CCCCCCCCC1CCCCC1C(=O)O. The minimum atomic E-state index is -0.555. The molecule has 0 heterocycles. The number of rotatable bonds is 8. The van der Waals surface area contributed by atoms with Crippen LogP contribution in [0.1, 0.15) is 77.6 Å². The van der Waals surface area contributed by atoms with Crippen molar-refractivity contribution in [2.24, 2.45) is 11.8 Å². The largest absolute Gasteiger partial charge is 0.481 e. The van der Waals surface area contributed by atoms with Gasteiger partial charge in [0.2, 0.25) is 0 Å². The first kappa shape index (κ1) is 14.5. The summed E-state index contributed by atoms with van der Waals surface area (Å²) in [7, 11) is 0. The van der Waals surface area contributed by atoms with Crippen LogP contribution in [0.25, 0.3) is 0 Å². The van der Waals surface area contributed by atoms with Crippen LogP contribution in [-0.2, 0) is 4.79 Å². The third-order valence-electron chi connectivity index (χ3n) is 4.15. The average Bonchev–Trinajstić information content (AvgIpc) is 2.34. The summed E-state index contributed by atoms with van der Waals surface area (Å²) in [5, 5.41) is 9.18. The summed E-state index contributed by atoms with van der Waals surface area (Å²) < 4.78 is 0. The number of carbonyl (C=O) groups is 1. The highest BCUT2D eigenvalue weighted by Crippen LogP contribution is 2.33. The van der Waals surface area contributed by atoms with E-state index in [1.807, 2.05) is 0 Å². The van der Waals surface area contributed by atoms with E-state index in [1.54, 1.807) is 0 Å². The summed E-state index contributed by atoms with van der Waals surface area (Å²) in [4.78, 5) is 11.1. The van der Waals surface area contributed by atoms with Crippen molar-refractivity contribution in [3.05, 3.63) is 0 Å². The Labute approximate surface area is 106 Å². The summed E-state index contributed by atoms with van der Waals surface area (Å²) >= 11 is 0. The summed E-state index contributed by atoms with van der Waals surface area (Å²) in [6.07, 6.45) is 13.4. The van der Waals surface area contributed by atoms with E-state index >= 15 is 0 Å². The Morgan fingerprint density at radius 3 is 2.41 bits per heavy atom. The zero-order valence-corrected chi connectivity index (χ0v) is 11.3. The second-order valence-electron chi connectivity index (χ2n) is 5.55. The molecule has 2 atom stereocenters. The van der Waals surface area contributed by atoms with Crippen molar-refractivity contribution in [3.8, 4) is 0 Å². The molecule has 0 aromatic heterocycles. The van der Waals surface area contributed by atoms with Crippen molar-refractivity contribution >= 4 is 5.97 Å². The van der Waals surface area contributed by atoms with Crippen LogP contribution in [-0.4, -0.2) is 11.1 Å². The van der Waals surface area contributed by atoms with Crippen LogP contribution in [0.15, 0.2) is 0 Å². The van der Waals surface area contributed by atoms with E-state index in [9.17, 15) is 9.90 Å². The predicted octanol–water partition coefficient (Wildman–Crippen LogP) is 4.63.